The summed E-state index contributed by atoms with van der Waals surface area (Å²) < 4.78 is 34.4. The van der Waals surface area contributed by atoms with E-state index in [4.69, 9.17) is 4.74 Å². The molecule has 24 heavy (non-hydrogen) atoms. The first-order valence-electron chi connectivity index (χ1n) is 7.86. The highest BCUT2D eigenvalue weighted by molar-refractivity contribution is 5.86. The fraction of sp³-hybridized carbons (Fsp3) is 0.333. The van der Waals surface area contributed by atoms with Gasteiger partial charge in [-0.25, -0.2) is 18.4 Å². The van der Waals surface area contributed by atoms with E-state index in [1.807, 2.05) is 25.1 Å². The quantitative estimate of drug-likeness (QED) is 0.676. The van der Waals surface area contributed by atoms with Crippen molar-refractivity contribution in [3.05, 3.63) is 41.6 Å². The van der Waals surface area contributed by atoms with Crippen LogP contribution in [0, 0.1) is 6.92 Å². The van der Waals surface area contributed by atoms with Crippen molar-refractivity contribution in [1.82, 2.24) is 14.8 Å². The van der Waals surface area contributed by atoms with Crippen molar-refractivity contribution in [1.29, 1.82) is 0 Å². The van der Waals surface area contributed by atoms with Gasteiger partial charge < -0.3 is 4.74 Å². The molecule has 3 aromatic rings. The maximum atomic E-state index is 13.7. The molecule has 1 aromatic carbocycles. The molecular weight excluding hydrogens is 312 g/mol. The second kappa shape index (κ2) is 6.55. The van der Waals surface area contributed by atoms with Crippen molar-refractivity contribution in [3.8, 4) is 17.0 Å². The topological polar surface area (TPSA) is 39.9 Å². The zero-order valence-electron chi connectivity index (χ0n) is 13.9. The van der Waals surface area contributed by atoms with E-state index in [1.54, 1.807) is 24.8 Å². The number of aryl methyl sites for hydroxylation is 2. The summed E-state index contributed by atoms with van der Waals surface area (Å²) in [6.07, 6.45) is -1.75. The molecule has 126 valence electrons. The molecule has 2 aromatic heterocycles. The molecule has 0 N–H and O–H groups in total. The van der Waals surface area contributed by atoms with Crippen molar-refractivity contribution in [3.63, 3.8) is 0 Å². The maximum Gasteiger partial charge on any atom is 0.264 e. The molecular formula is C18H19F2N3O. The summed E-state index contributed by atoms with van der Waals surface area (Å²) in [4.78, 5) is 4.62. The number of hydrogen-bond donors (Lipinski definition) is 0. The predicted molar refractivity (Wildman–Crippen MR) is 89.5 cm³/mol. The minimum Gasteiger partial charge on any atom is -0.496 e. The Bertz CT molecular complexity index is 874. The van der Waals surface area contributed by atoms with Gasteiger partial charge in [-0.15, -0.1) is 0 Å². The molecule has 3 rings (SSSR count). The average molecular weight is 331 g/mol. The van der Waals surface area contributed by atoms with Crippen molar-refractivity contribution in [2.45, 2.75) is 33.2 Å². The fourth-order valence-corrected chi connectivity index (χ4v) is 2.92. The zero-order chi connectivity index (χ0) is 17.3. The molecule has 0 unspecified atom stereocenters. The van der Waals surface area contributed by atoms with E-state index in [9.17, 15) is 8.78 Å². The Morgan fingerprint density at radius 2 is 2.00 bits per heavy atom. The molecule has 0 amide bonds. The lowest BCUT2D eigenvalue weighted by Gasteiger charge is -2.11. The van der Waals surface area contributed by atoms with Crippen LogP contribution >= 0.6 is 0 Å². The van der Waals surface area contributed by atoms with Crippen LogP contribution in [0.2, 0.25) is 0 Å². The number of nitrogens with zero attached hydrogens (tertiary/aromatic N) is 3. The molecule has 2 heterocycles. The number of hydrogen-bond acceptors (Lipinski definition) is 3. The minimum absolute atomic E-state index is 0.0410. The Labute approximate surface area is 139 Å². The van der Waals surface area contributed by atoms with Crippen molar-refractivity contribution < 1.29 is 13.5 Å². The fourth-order valence-electron chi connectivity index (χ4n) is 2.92. The first-order chi connectivity index (χ1) is 11.6. The summed E-state index contributed by atoms with van der Waals surface area (Å²) in [5, 5.41) is 4.83. The van der Waals surface area contributed by atoms with E-state index >= 15 is 0 Å². The molecule has 4 nitrogen and oxygen atoms in total. The Kier molecular flexibility index (Phi) is 4.46. The summed E-state index contributed by atoms with van der Waals surface area (Å²) in [6.45, 7) is 4.39. The van der Waals surface area contributed by atoms with Gasteiger partial charge in [0.2, 0.25) is 0 Å². The van der Waals surface area contributed by atoms with Crippen LogP contribution < -0.4 is 4.74 Å². The average Bonchev–Trinajstić information content (AvgIpc) is 2.90. The minimum atomic E-state index is -2.60. The van der Waals surface area contributed by atoms with Crippen molar-refractivity contribution in [2.24, 2.45) is 0 Å². The molecule has 0 spiro atoms. The third kappa shape index (κ3) is 2.72. The number of aromatic nitrogens is 3. The Hall–Kier alpha value is -2.50. The predicted octanol–water partition coefficient (Wildman–Crippen LogP) is 4.76. The highest BCUT2D eigenvalue weighted by atomic mass is 19.3. The first-order valence-corrected chi connectivity index (χ1v) is 7.86. The second-order valence-electron chi connectivity index (χ2n) is 5.60. The summed E-state index contributed by atoms with van der Waals surface area (Å²) in [5.41, 5.74) is 2.18. The van der Waals surface area contributed by atoms with Gasteiger partial charge in [0.1, 0.15) is 5.75 Å². The molecule has 0 aliphatic heterocycles. The normalized spacial score (nSPS) is 11.4. The highest BCUT2D eigenvalue weighted by Crippen LogP contribution is 2.35. The SMILES string of the molecule is CCCn1nc(C)c2c(C(F)F)cc(-c3ccccc3OC)nc21. The number of fused-ring (bicyclic) bond motifs is 1. The van der Waals surface area contributed by atoms with Crippen molar-refractivity contribution in [2.75, 3.05) is 7.11 Å². The second-order valence-corrected chi connectivity index (χ2v) is 5.60. The number of ether oxygens (including phenoxy) is 1. The Morgan fingerprint density at radius 1 is 1.25 bits per heavy atom. The molecule has 0 saturated carbocycles. The standard InChI is InChI=1S/C18H19F2N3O/c1-4-9-23-18-16(11(2)22-23)13(17(19)20)10-14(21-18)12-7-5-6-8-15(12)24-3/h5-8,10,17H,4,9H2,1-3H3. The van der Waals surface area contributed by atoms with Crippen LogP contribution in [0.25, 0.3) is 22.3 Å². The zero-order valence-corrected chi connectivity index (χ0v) is 13.9. The number of halogens is 2. The van der Waals surface area contributed by atoms with Gasteiger partial charge in [0.05, 0.1) is 23.9 Å². The van der Waals surface area contributed by atoms with Crippen molar-refractivity contribution >= 4 is 11.0 Å². The monoisotopic (exact) mass is 331 g/mol. The molecule has 0 bridgehead atoms. The lowest BCUT2D eigenvalue weighted by Crippen LogP contribution is -2.02. The van der Waals surface area contributed by atoms with Crippen LogP contribution in [0.5, 0.6) is 5.75 Å². The Morgan fingerprint density at radius 3 is 2.67 bits per heavy atom. The number of alkyl halides is 2. The molecule has 0 fully saturated rings. The maximum absolute atomic E-state index is 13.7. The lowest BCUT2D eigenvalue weighted by molar-refractivity contribution is 0.153. The number of methoxy groups -OCH3 is 1. The van der Waals surface area contributed by atoms with Gasteiger partial charge in [0.25, 0.3) is 6.43 Å². The first kappa shape index (κ1) is 16.4. The molecule has 0 atom stereocenters. The summed E-state index contributed by atoms with van der Waals surface area (Å²) in [6, 6.07) is 8.71. The van der Waals surface area contributed by atoms with Crippen LogP contribution in [0.15, 0.2) is 30.3 Å². The van der Waals surface area contributed by atoms with E-state index in [0.717, 1.165) is 6.42 Å². The van der Waals surface area contributed by atoms with Gasteiger partial charge in [0, 0.05) is 17.7 Å². The van der Waals surface area contributed by atoms with Gasteiger partial charge in [-0.05, 0) is 31.5 Å². The van der Waals surface area contributed by atoms with Crippen LogP contribution in [-0.4, -0.2) is 21.9 Å². The molecule has 0 aliphatic rings. The van der Waals surface area contributed by atoms with Gasteiger partial charge in [-0.1, -0.05) is 19.1 Å². The van der Waals surface area contributed by atoms with Crippen LogP contribution in [0.4, 0.5) is 8.78 Å². The number of rotatable bonds is 5. The van der Waals surface area contributed by atoms with Crippen LogP contribution in [0.3, 0.4) is 0 Å². The van der Waals surface area contributed by atoms with Gasteiger partial charge in [-0.2, -0.15) is 5.10 Å². The number of para-hydroxylation sites is 1. The molecule has 0 radical (unpaired) electrons. The van der Waals surface area contributed by atoms with E-state index in [1.165, 1.54) is 6.07 Å². The largest absolute Gasteiger partial charge is 0.496 e. The molecule has 6 heteroatoms. The highest BCUT2D eigenvalue weighted by Gasteiger charge is 2.21. The number of pyridine rings is 1. The van der Waals surface area contributed by atoms with Gasteiger partial charge >= 0.3 is 0 Å². The third-order valence-electron chi connectivity index (χ3n) is 3.96. The van der Waals surface area contributed by atoms with Gasteiger partial charge in [-0.3, -0.25) is 0 Å². The van der Waals surface area contributed by atoms with E-state index in [2.05, 4.69) is 10.1 Å². The van der Waals surface area contributed by atoms with Gasteiger partial charge in [0.15, 0.2) is 5.65 Å². The summed E-state index contributed by atoms with van der Waals surface area (Å²) in [5.74, 6) is 0.600. The molecule has 0 aliphatic carbocycles. The summed E-state index contributed by atoms with van der Waals surface area (Å²) >= 11 is 0. The number of benzene rings is 1. The van der Waals surface area contributed by atoms with Crippen LogP contribution in [0.1, 0.15) is 31.0 Å². The lowest BCUT2D eigenvalue weighted by atomic mass is 10.0. The Balaban J connectivity index is 2.32. The van der Waals surface area contributed by atoms with E-state index < -0.39 is 6.43 Å². The van der Waals surface area contributed by atoms with E-state index in [0.29, 0.717) is 40.3 Å². The smallest absolute Gasteiger partial charge is 0.264 e. The van der Waals surface area contributed by atoms with E-state index in [-0.39, 0.29) is 5.56 Å². The van der Waals surface area contributed by atoms with Crippen LogP contribution in [-0.2, 0) is 6.54 Å². The summed E-state index contributed by atoms with van der Waals surface area (Å²) in [7, 11) is 1.55. The molecule has 0 saturated heterocycles. The third-order valence-corrected chi connectivity index (χ3v) is 3.96.